The number of rotatable bonds is 7. The Morgan fingerprint density at radius 2 is 2.06 bits per heavy atom. The molecule has 0 aliphatic carbocycles. The molecule has 1 heterocycles. The number of aromatic nitrogens is 1. The third-order valence-electron chi connectivity index (χ3n) is 2.19. The molecule has 0 fully saturated rings. The predicted molar refractivity (Wildman–Crippen MR) is 63.1 cm³/mol. The Bertz CT molecular complexity index is 309. The highest BCUT2D eigenvalue weighted by atomic mass is 16.6. The maximum absolute atomic E-state index is 10.7. The number of hydrogen-bond donors (Lipinski definition) is 0. The monoisotopic (exact) mass is 222 g/mol. The molecule has 4 heteroatoms. The summed E-state index contributed by atoms with van der Waals surface area (Å²) in [6, 6.07) is 3.38. The van der Waals surface area contributed by atoms with Crippen molar-refractivity contribution < 1.29 is 9.57 Å². The first-order valence-electron chi connectivity index (χ1n) is 5.67. The minimum atomic E-state index is 0.658. The molecule has 0 amide bonds. The van der Waals surface area contributed by atoms with Crippen LogP contribution in [-0.4, -0.2) is 12.8 Å². The Morgan fingerprint density at radius 1 is 1.31 bits per heavy atom. The first-order chi connectivity index (χ1) is 7.83. The summed E-state index contributed by atoms with van der Waals surface area (Å²) in [6.07, 6.45) is 9.18. The maximum atomic E-state index is 10.7. The molecule has 0 atom stereocenters. The largest absolute Gasteiger partial charge is 0.619 e. The van der Waals surface area contributed by atoms with Gasteiger partial charge in [-0.25, -0.2) is 0 Å². The van der Waals surface area contributed by atoms with E-state index in [1.54, 1.807) is 18.3 Å². The van der Waals surface area contributed by atoms with Crippen molar-refractivity contribution >= 4 is 6.21 Å². The van der Waals surface area contributed by atoms with E-state index < -0.39 is 0 Å². The Kier molecular flexibility index (Phi) is 5.99. The van der Waals surface area contributed by atoms with Crippen molar-refractivity contribution in [3.63, 3.8) is 0 Å². The van der Waals surface area contributed by atoms with E-state index in [1.807, 2.05) is 0 Å². The van der Waals surface area contributed by atoms with Crippen LogP contribution in [0.3, 0.4) is 0 Å². The summed E-state index contributed by atoms with van der Waals surface area (Å²) in [4.78, 5) is 5.10. The summed E-state index contributed by atoms with van der Waals surface area (Å²) >= 11 is 0. The van der Waals surface area contributed by atoms with Crippen molar-refractivity contribution in [2.45, 2.75) is 32.6 Å². The highest BCUT2D eigenvalue weighted by Gasteiger charge is 1.91. The second-order valence-electron chi connectivity index (χ2n) is 3.62. The van der Waals surface area contributed by atoms with Gasteiger partial charge < -0.3 is 10.0 Å². The molecule has 0 aliphatic rings. The fourth-order valence-electron chi connectivity index (χ4n) is 1.25. The zero-order valence-corrected chi connectivity index (χ0v) is 9.63. The standard InChI is InChI=1S/C12H18N2O2/c1-2-3-4-5-10-16-13-11-12-6-8-14(15)9-7-12/h6-9,11H,2-5,10H2,1H3/b13-11+. The van der Waals surface area contributed by atoms with Gasteiger partial charge in [0, 0.05) is 17.7 Å². The Hall–Kier alpha value is -1.58. The lowest BCUT2D eigenvalue weighted by Gasteiger charge is -1.98. The average Bonchev–Trinajstić information content (AvgIpc) is 2.30. The average molecular weight is 222 g/mol. The molecule has 0 aliphatic heterocycles. The summed E-state index contributed by atoms with van der Waals surface area (Å²) < 4.78 is 0.739. The quantitative estimate of drug-likeness (QED) is 0.233. The summed E-state index contributed by atoms with van der Waals surface area (Å²) in [6.45, 7) is 2.83. The summed E-state index contributed by atoms with van der Waals surface area (Å²) in [5.41, 5.74) is 0.862. The Morgan fingerprint density at radius 3 is 2.75 bits per heavy atom. The molecular formula is C12H18N2O2. The van der Waals surface area contributed by atoms with E-state index in [4.69, 9.17) is 4.84 Å². The van der Waals surface area contributed by atoms with Crippen molar-refractivity contribution in [2.24, 2.45) is 5.16 Å². The third kappa shape index (κ3) is 5.34. The molecule has 0 saturated heterocycles. The molecule has 16 heavy (non-hydrogen) atoms. The van der Waals surface area contributed by atoms with Crippen LogP contribution in [0.25, 0.3) is 0 Å². The van der Waals surface area contributed by atoms with Crippen LogP contribution in [0.1, 0.15) is 38.2 Å². The van der Waals surface area contributed by atoms with Crippen LogP contribution in [0.15, 0.2) is 29.7 Å². The molecule has 0 saturated carbocycles. The van der Waals surface area contributed by atoms with Gasteiger partial charge in [-0.05, 0) is 12.8 Å². The number of oxime groups is 1. The van der Waals surface area contributed by atoms with Gasteiger partial charge in [0.25, 0.3) is 0 Å². The van der Waals surface area contributed by atoms with Gasteiger partial charge in [0.05, 0.1) is 6.21 Å². The van der Waals surface area contributed by atoms with Gasteiger partial charge in [0.1, 0.15) is 6.61 Å². The topological polar surface area (TPSA) is 48.5 Å². The summed E-state index contributed by atoms with van der Waals surface area (Å²) in [5.74, 6) is 0. The lowest BCUT2D eigenvalue weighted by molar-refractivity contribution is -0.605. The highest BCUT2D eigenvalue weighted by Crippen LogP contribution is 1.99. The Balaban J connectivity index is 2.14. The normalized spacial score (nSPS) is 10.8. The highest BCUT2D eigenvalue weighted by molar-refractivity contribution is 5.78. The Labute approximate surface area is 96.1 Å². The van der Waals surface area contributed by atoms with Gasteiger partial charge in [-0.2, -0.15) is 4.73 Å². The fourth-order valence-corrected chi connectivity index (χ4v) is 1.25. The minimum Gasteiger partial charge on any atom is -0.619 e. The van der Waals surface area contributed by atoms with Crippen LogP contribution in [0.4, 0.5) is 0 Å². The van der Waals surface area contributed by atoms with Crippen molar-refractivity contribution in [3.05, 3.63) is 35.3 Å². The lowest BCUT2D eigenvalue weighted by Crippen LogP contribution is -2.23. The van der Waals surface area contributed by atoms with Crippen molar-refractivity contribution in [3.8, 4) is 0 Å². The zero-order chi connectivity index (χ0) is 11.6. The van der Waals surface area contributed by atoms with Gasteiger partial charge in [-0.1, -0.05) is 24.9 Å². The van der Waals surface area contributed by atoms with Gasteiger partial charge in [-0.15, -0.1) is 0 Å². The molecule has 0 N–H and O–H groups in total. The second kappa shape index (κ2) is 7.68. The van der Waals surface area contributed by atoms with Crippen molar-refractivity contribution in [1.29, 1.82) is 0 Å². The SMILES string of the molecule is CCCCCCO/N=C/c1cc[n+]([O-])cc1. The van der Waals surface area contributed by atoms with E-state index in [0.29, 0.717) is 6.61 Å². The zero-order valence-electron chi connectivity index (χ0n) is 9.63. The van der Waals surface area contributed by atoms with Crippen LogP contribution in [0, 0.1) is 5.21 Å². The van der Waals surface area contributed by atoms with Crippen LogP contribution in [0.2, 0.25) is 0 Å². The molecule has 0 spiro atoms. The van der Waals surface area contributed by atoms with Crippen LogP contribution >= 0.6 is 0 Å². The van der Waals surface area contributed by atoms with E-state index in [9.17, 15) is 5.21 Å². The first kappa shape index (κ1) is 12.5. The van der Waals surface area contributed by atoms with Gasteiger partial charge in [0.15, 0.2) is 12.4 Å². The van der Waals surface area contributed by atoms with Gasteiger partial charge in [-0.3, -0.25) is 0 Å². The van der Waals surface area contributed by atoms with Crippen LogP contribution < -0.4 is 4.73 Å². The predicted octanol–water partition coefficient (Wildman–Crippen LogP) is 2.25. The van der Waals surface area contributed by atoms with Gasteiger partial charge >= 0.3 is 0 Å². The maximum Gasteiger partial charge on any atom is 0.181 e. The van der Waals surface area contributed by atoms with Crippen molar-refractivity contribution in [1.82, 2.24) is 0 Å². The van der Waals surface area contributed by atoms with E-state index in [2.05, 4.69) is 12.1 Å². The van der Waals surface area contributed by atoms with E-state index in [-0.39, 0.29) is 0 Å². The molecule has 1 rings (SSSR count). The minimum absolute atomic E-state index is 0.658. The van der Waals surface area contributed by atoms with Gasteiger partial charge in [0.2, 0.25) is 0 Å². The number of pyridine rings is 1. The summed E-state index contributed by atoms with van der Waals surface area (Å²) in [5, 5.41) is 14.6. The molecule has 0 bridgehead atoms. The second-order valence-corrected chi connectivity index (χ2v) is 3.62. The first-order valence-corrected chi connectivity index (χ1v) is 5.67. The summed E-state index contributed by atoms with van der Waals surface area (Å²) in [7, 11) is 0. The molecular weight excluding hydrogens is 204 g/mol. The molecule has 88 valence electrons. The van der Waals surface area contributed by atoms with E-state index in [0.717, 1.165) is 16.7 Å². The van der Waals surface area contributed by atoms with Crippen molar-refractivity contribution in [2.75, 3.05) is 6.61 Å². The molecule has 1 aromatic rings. The number of hydrogen-bond acceptors (Lipinski definition) is 3. The molecule has 4 nitrogen and oxygen atoms in total. The fraction of sp³-hybridized carbons (Fsp3) is 0.500. The number of nitrogens with zero attached hydrogens (tertiary/aromatic N) is 2. The van der Waals surface area contributed by atoms with Crippen LogP contribution in [0.5, 0.6) is 0 Å². The molecule has 0 unspecified atom stereocenters. The molecule has 1 aromatic heterocycles. The van der Waals surface area contributed by atoms with E-state index >= 15 is 0 Å². The van der Waals surface area contributed by atoms with Crippen LogP contribution in [-0.2, 0) is 4.84 Å². The van der Waals surface area contributed by atoms with E-state index in [1.165, 1.54) is 31.7 Å². The molecule has 0 radical (unpaired) electrons. The number of unbranched alkanes of at least 4 members (excludes halogenated alkanes) is 3. The third-order valence-corrected chi connectivity index (χ3v) is 2.19. The smallest absolute Gasteiger partial charge is 0.181 e. The molecule has 0 aromatic carbocycles. The lowest BCUT2D eigenvalue weighted by atomic mass is 10.2.